The molecule has 2 N–H and O–H groups in total. The topological polar surface area (TPSA) is 75.6 Å². The molecule has 116 valence electrons. The van der Waals surface area contributed by atoms with E-state index in [0.29, 0.717) is 27.4 Å². The first kappa shape index (κ1) is 18.1. The first-order valence-corrected chi connectivity index (χ1v) is 8.59. The van der Waals surface area contributed by atoms with Gasteiger partial charge in [-0.05, 0) is 52.6 Å². The van der Waals surface area contributed by atoms with Crippen LogP contribution in [0.1, 0.15) is 6.42 Å². The molecule has 1 aromatic carbocycles. The minimum absolute atomic E-state index is 0.261. The molecule has 1 aromatic rings. The molecule has 0 aliphatic heterocycles. The van der Waals surface area contributed by atoms with Crippen LogP contribution in [0.2, 0.25) is 5.02 Å². The fourth-order valence-corrected chi connectivity index (χ4v) is 2.73. The van der Waals surface area contributed by atoms with Gasteiger partial charge in [0.05, 0.1) is 4.47 Å². The molecule has 0 fully saturated rings. The van der Waals surface area contributed by atoms with Gasteiger partial charge in [0.15, 0.2) is 6.61 Å². The molecule has 21 heavy (non-hydrogen) atoms. The Kier molecular flexibility index (Phi) is 7.92. The number of amides is 1. The monoisotopic (exact) mass is 395 g/mol. The highest BCUT2D eigenvalue weighted by molar-refractivity contribution is 9.10. The molecule has 0 aliphatic rings. The first-order valence-electron chi connectivity index (χ1n) is 6.03. The molecular weight excluding hydrogens is 382 g/mol. The second-order valence-electron chi connectivity index (χ2n) is 4.10. The van der Waals surface area contributed by atoms with Crippen LogP contribution in [0.3, 0.4) is 0 Å². The second kappa shape index (κ2) is 9.17. The maximum absolute atomic E-state index is 11.7. The van der Waals surface area contributed by atoms with Gasteiger partial charge < -0.3 is 15.2 Å². The highest BCUT2D eigenvalue weighted by atomic mass is 79.9. The molecule has 1 rings (SSSR count). The molecule has 0 bridgehead atoms. The van der Waals surface area contributed by atoms with Gasteiger partial charge in [-0.2, -0.15) is 11.8 Å². The van der Waals surface area contributed by atoms with Crippen LogP contribution in [0.25, 0.3) is 0 Å². The summed E-state index contributed by atoms with van der Waals surface area (Å²) in [6.45, 7) is -0.261. The van der Waals surface area contributed by atoms with E-state index in [2.05, 4.69) is 21.2 Å². The molecule has 8 heteroatoms. The smallest absolute Gasteiger partial charge is 0.326 e. The van der Waals surface area contributed by atoms with Gasteiger partial charge >= 0.3 is 5.97 Å². The number of aliphatic carboxylic acids is 1. The van der Waals surface area contributed by atoms with Gasteiger partial charge in [0.25, 0.3) is 5.91 Å². The molecule has 0 heterocycles. The van der Waals surface area contributed by atoms with Crippen LogP contribution in [0.4, 0.5) is 0 Å². The molecule has 0 saturated carbocycles. The van der Waals surface area contributed by atoms with Crippen molar-refractivity contribution in [1.29, 1.82) is 0 Å². The van der Waals surface area contributed by atoms with Crippen LogP contribution in [0.15, 0.2) is 22.7 Å². The van der Waals surface area contributed by atoms with Crippen molar-refractivity contribution in [1.82, 2.24) is 5.32 Å². The summed E-state index contributed by atoms with van der Waals surface area (Å²) in [6.07, 6.45) is 2.24. The lowest BCUT2D eigenvalue weighted by molar-refractivity contribution is -0.142. The van der Waals surface area contributed by atoms with E-state index in [-0.39, 0.29) is 6.61 Å². The number of benzene rings is 1. The minimum Gasteiger partial charge on any atom is -0.483 e. The van der Waals surface area contributed by atoms with E-state index in [1.807, 2.05) is 6.26 Å². The van der Waals surface area contributed by atoms with Crippen LogP contribution >= 0.6 is 39.3 Å². The second-order valence-corrected chi connectivity index (χ2v) is 6.38. The summed E-state index contributed by atoms with van der Waals surface area (Å²) in [6, 6.07) is 4.01. The maximum Gasteiger partial charge on any atom is 0.326 e. The summed E-state index contributed by atoms with van der Waals surface area (Å²) in [5.41, 5.74) is 0. The number of halogens is 2. The summed E-state index contributed by atoms with van der Waals surface area (Å²) in [5, 5.41) is 12.0. The van der Waals surface area contributed by atoms with Gasteiger partial charge in [-0.3, -0.25) is 4.79 Å². The number of rotatable bonds is 8. The molecular formula is C13H15BrClNO4S. The maximum atomic E-state index is 11.7. The van der Waals surface area contributed by atoms with Crippen molar-refractivity contribution < 1.29 is 19.4 Å². The zero-order valence-electron chi connectivity index (χ0n) is 11.3. The minimum atomic E-state index is -1.05. The van der Waals surface area contributed by atoms with Gasteiger partial charge in [-0.25, -0.2) is 4.79 Å². The standard InChI is InChI=1S/C13H15BrClNO4S/c1-21-5-4-10(13(18)19)16-12(17)7-20-11-3-2-8(15)6-9(11)14/h2-3,6,10H,4-5,7H2,1H3,(H,16,17)(H,18,19)/t10-/m1/s1. The molecule has 0 aromatic heterocycles. The van der Waals surface area contributed by atoms with Crippen LogP contribution < -0.4 is 10.1 Å². The molecule has 1 amide bonds. The van der Waals surface area contributed by atoms with E-state index < -0.39 is 17.9 Å². The lowest BCUT2D eigenvalue weighted by atomic mass is 10.2. The number of nitrogens with one attached hydrogen (secondary N) is 1. The zero-order chi connectivity index (χ0) is 15.8. The molecule has 0 unspecified atom stereocenters. The predicted octanol–water partition coefficient (Wildman–Crippen LogP) is 2.80. The number of carboxylic acids is 1. The third-order valence-electron chi connectivity index (χ3n) is 2.50. The fraction of sp³-hybridized carbons (Fsp3) is 0.385. The Hall–Kier alpha value is -0.920. The number of hydrogen-bond donors (Lipinski definition) is 2. The van der Waals surface area contributed by atoms with Crippen molar-refractivity contribution in [2.24, 2.45) is 0 Å². The summed E-state index contributed by atoms with van der Waals surface area (Å²) in [7, 11) is 0. The Morgan fingerprint density at radius 1 is 1.52 bits per heavy atom. The summed E-state index contributed by atoms with van der Waals surface area (Å²) in [4.78, 5) is 22.7. The summed E-state index contributed by atoms with van der Waals surface area (Å²) >= 11 is 10.6. The predicted molar refractivity (Wildman–Crippen MR) is 87.2 cm³/mol. The number of hydrogen-bond acceptors (Lipinski definition) is 4. The average molecular weight is 397 g/mol. The van der Waals surface area contributed by atoms with E-state index in [9.17, 15) is 9.59 Å². The van der Waals surface area contributed by atoms with E-state index in [4.69, 9.17) is 21.4 Å². The Morgan fingerprint density at radius 3 is 2.81 bits per heavy atom. The Bertz CT molecular complexity index is 515. The quantitative estimate of drug-likeness (QED) is 0.707. The molecule has 0 saturated heterocycles. The lowest BCUT2D eigenvalue weighted by Crippen LogP contribution is -2.43. The van der Waals surface area contributed by atoms with Crippen LogP contribution in [-0.2, 0) is 9.59 Å². The molecule has 0 aliphatic carbocycles. The first-order chi connectivity index (χ1) is 9.93. The van der Waals surface area contributed by atoms with Gasteiger partial charge in [0.2, 0.25) is 0 Å². The molecule has 0 radical (unpaired) electrons. The van der Waals surface area contributed by atoms with E-state index in [0.717, 1.165) is 0 Å². The highest BCUT2D eigenvalue weighted by Crippen LogP contribution is 2.27. The lowest BCUT2D eigenvalue weighted by Gasteiger charge is -2.14. The van der Waals surface area contributed by atoms with Crippen molar-refractivity contribution in [3.63, 3.8) is 0 Å². The van der Waals surface area contributed by atoms with Crippen molar-refractivity contribution >= 4 is 51.2 Å². The number of carbonyl (C=O) groups is 2. The van der Waals surface area contributed by atoms with Gasteiger partial charge in [0.1, 0.15) is 11.8 Å². The van der Waals surface area contributed by atoms with Crippen LogP contribution in [-0.4, -0.2) is 41.6 Å². The molecule has 1 atom stereocenters. The normalized spacial score (nSPS) is 11.8. The van der Waals surface area contributed by atoms with E-state index in [1.165, 1.54) is 11.8 Å². The third kappa shape index (κ3) is 6.58. The average Bonchev–Trinajstić information content (AvgIpc) is 2.42. The van der Waals surface area contributed by atoms with Gasteiger partial charge in [0, 0.05) is 5.02 Å². The van der Waals surface area contributed by atoms with Gasteiger partial charge in [-0.1, -0.05) is 11.6 Å². The van der Waals surface area contributed by atoms with Crippen molar-refractivity contribution in [2.45, 2.75) is 12.5 Å². The van der Waals surface area contributed by atoms with Crippen molar-refractivity contribution in [3.8, 4) is 5.75 Å². The molecule has 5 nitrogen and oxygen atoms in total. The number of ether oxygens (including phenoxy) is 1. The number of carbonyl (C=O) groups excluding carboxylic acids is 1. The van der Waals surface area contributed by atoms with Crippen LogP contribution in [0.5, 0.6) is 5.75 Å². The Balaban J connectivity index is 2.50. The van der Waals surface area contributed by atoms with Gasteiger partial charge in [-0.15, -0.1) is 0 Å². The Labute approximate surface area is 140 Å². The highest BCUT2D eigenvalue weighted by Gasteiger charge is 2.19. The van der Waals surface area contributed by atoms with E-state index >= 15 is 0 Å². The van der Waals surface area contributed by atoms with Crippen molar-refractivity contribution in [3.05, 3.63) is 27.7 Å². The Morgan fingerprint density at radius 2 is 2.24 bits per heavy atom. The largest absolute Gasteiger partial charge is 0.483 e. The number of carboxylic acid groups (broad SMARTS) is 1. The van der Waals surface area contributed by atoms with Crippen LogP contribution in [0, 0.1) is 0 Å². The summed E-state index contributed by atoms with van der Waals surface area (Å²) in [5.74, 6) is -0.415. The number of thioether (sulfide) groups is 1. The SMILES string of the molecule is CSCC[C@@H](NC(=O)COc1ccc(Cl)cc1Br)C(=O)O. The van der Waals surface area contributed by atoms with Crippen molar-refractivity contribution in [2.75, 3.05) is 18.6 Å². The van der Waals surface area contributed by atoms with E-state index in [1.54, 1.807) is 18.2 Å². The fourth-order valence-electron chi connectivity index (χ4n) is 1.46. The zero-order valence-corrected chi connectivity index (χ0v) is 14.4. The molecule has 0 spiro atoms. The third-order valence-corrected chi connectivity index (χ3v) is 4.00. The summed E-state index contributed by atoms with van der Waals surface area (Å²) < 4.78 is 5.95.